The first-order valence-corrected chi connectivity index (χ1v) is 6.97. The third-order valence-corrected chi connectivity index (χ3v) is 4.82. The molecule has 2 fully saturated rings. The minimum absolute atomic E-state index is 0.0752. The fourth-order valence-corrected chi connectivity index (χ4v) is 3.93. The van der Waals surface area contributed by atoms with E-state index in [4.69, 9.17) is 5.11 Å². The molecule has 1 heterocycles. The van der Waals surface area contributed by atoms with E-state index >= 15 is 0 Å². The maximum Gasteiger partial charge on any atom is 0.335 e. The van der Waals surface area contributed by atoms with Crippen LogP contribution in [0.5, 0.6) is 0 Å². The third kappa shape index (κ3) is 1.54. The standard InChI is InChI=1S/C16H13NO4/c18-14-12-8-4-5-9(6-8)13(12)15(19)17(14)11-3-1-2-10(7-11)16(20)21/h1-5,7-9,12-13H,6H2,(H,20,21). The molecule has 5 heteroatoms. The molecule has 21 heavy (non-hydrogen) atoms. The lowest BCUT2D eigenvalue weighted by Gasteiger charge is -2.17. The fourth-order valence-electron chi connectivity index (χ4n) is 3.93. The molecule has 2 amide bonds. The summed E-state index contributed by atoms with van der Waals surface area (Å²) in [4.78, 5) is 37.4. The van der Waals surface area contributed by atoms with Gasteiger partial charge >= 0.3 is 5.97 Å². The van der Waals surface area contributed by atoms with Gasteiger partial charge in [-0.2, -0.15) is 0 Å². The van der Waals surface area contributed by atoms with Crippen molar-refractivity contribution in [2.75, 3.05) is 4.90 Å². The minimum Gasteiger partial charge on any atom is -0.478 e. The van der Waals surface area contributed by atoms with E-state index in [1.807, 2.05) is 12.2 Å². The first-order chi connectivity index (χ1) is 10.1. The fraction of sp³-hybridized carbons (Fsp3) is 0.312. The summed E-state index contributed by atoms with van der Waals surface area (Å²) in [6, 6.07) is 6.00. The summed E-state index contributed by atoms with van der Waals surface area (Å²) in [7, 11) is 0. The van der Waals surface area contributed by atoms with E-state index in [2.05, 4.69) is 0 Å². The molecular formula is C16H13NO4. The molecule has 1 saturated heterocycles. The van der Waals surface area contributed by atoms with Crippen LogP contribution in [0, 0.1) is 23.7 Å². The van der Waals surface area contributed by atoms with Crippen molar-refractivity contribution >= 4 is 23.5 Å². The molecule has 1 N–H and O–H groups in total. The van der Waals surface area contributed by atoms with Crippen molar-refractivity contribution in [2.24, 2.45) is 23.7 Å². The normalized spacial score (nSPS) is 32.9. The molecule has 1 aromatic carbocycles. The van der Waals surface area contributed by atoms with E-state index in [1.54, 1.807) is 12.1 Å². The Kier molecular flexibility index (Phi) is 2.37. The third-order valence-electron chi connectivity index (χ3n) is 4.82. The zero-order valence-electron chi connectivity index (χ0n) is 11.1. The summed E-state index contributed by atoms with van der Waals surface area (Å²) in [6.45, 7) is 0. The van der Waals surface area contributed by atoms with Gasteiger partial charge in [0.25, 0.3) is 0 Å². The summed E-state index contributed by atoms with van der Waals surface area (Å²) >= 11 is 0. The first kappa shape index (κ1) is 12.3. The lowest BCUT2D eigenvalue weighted by Crippen LogP contribution is -2.32. The molecule has 0 radical (unpaired) electrons. The van der Waals surface area contributed by atoms with Gasteiger partial charge in [0, 0.05) is 0 Å². The maximum atomic E-state index is 12.6. The Balaban J connectivity index is 1.74. The molecule has 106 valence electrons. The molecule has 4 atom stereocenters. The highest BCUT2D eigenvalue weighted by molar-refractivity contribution is 6.23. The summed E-state index contributed by atoms with van der Waals surface area (Å²) in [6.07, 6.45) is 4.96. The number of nitrogens with zero attached hydrogens (tertiary/aromatic N) is 1. The molecule has 4 unspecified atom stereocenters. The number of amides is 2. The smallest absolute Gasteiger partial charge is 0.335 e. The second kappa shape index (κ2) is 4.04. The number of carbonyl (C=O) groups excluding carboxylic acids is 2. The van der Waals surface area contributed by atoms with Gasteiger partial charge in [-0.1, -0.05) is 18.2 Å². The van der Waals surface area contributed by atoms with Crippen molar-refractivity contribution < 1.29 is 19.5 Å². The predicted molar refractivity (Wildman–Crippen MR) is 73.6 cm³/mol. The Morgan fingerprint density at radius 1 is 1.10 bits per heavy atom. The van der Waals surface area contributed by atoms with Crippen molar-refractivity contribution in [1.29, 1.82) is 0 Å². The van der Waals surface area contributed by atoms with Crippen LogP contribution in [0.25, 0.3) is 0 Å². The minimum atomic E-state index is -1.07. The lowest BCUT2D eigenvalue weighted by atomic mass is 9.85. The van der Waals surface area contributed by atoms with E-state index in [0.29, 0.717) is 5.69 Å². The monoisotopic (exact) mass is 283 g/mol. The number of hydrogen-bond acceptors (Lipinski definition) is 3. The predicted octanol–water partition coefficient (Wildman–Crippen LogP) is 1.70. The molecule has 1 aliphatic heterocycles. The van der Waals surface area contributed by atoms with Crippen molar-refractivity contribution in [3.63, 3.8) is 0 Å². The van der Waals surface area contributed by atoms with Crippen LogP contribution in [0.4, 0.5) is 5.69 Å². The van der Waals surface area contributed by atoms with E-state index in [1.165, 1.54) is 17.0 Å². The molecule has 4 rings (SSSR count). The van der Waals surface area contributed by atoms with Gasteiger partial charge in [0.2, 0.25) is 11.8 Å². The number of imide groups is 1. The average Bonchev–Trinajstić information content (AvgIpc) is 3.13. The Bertz CT molecular complexity index is 678. The molecule has 2 bridgehead atoms. The van der Waals surface area contributed by atoms with E-state index < -0.39 is 5.97 Å². The molecule has 2 aliphatic carbocycles. The van der Waals surface area contributed by atoms with Crippen LogP contribution in [0.2, 0.25) is 0 Å². The largest absolute Gasteiger partial charge is 0.478 e. The average molecular weight is 283 g/mol. The highest BCUT2D eigenvalue weighted by Crippen LogP contribution is 2.53. The molecule has 3 aliphatic rings. The van der Waals surface area contributed by atoms with E-state index in [-0.39, 0.29) is 41.0 Å². The Morgan fingerprint density at radius 3 is 2.29 bits per heavy atom. The number of rotatable bonds is 2. The van der Waals surface area contributed by atoms with Gasteiger partial charge in [0.1, 0.15) is 0 Å². The number of allylic oxidation sites excluding steroid dienone is 2. The SMILES string of the molecule is O=C(O)c1cccc(N2C(=O)C3C4C=CC(C4)C3C2=O)c1. The summed E-state index contributed by atoms with van der Waals surface area (Å²) in [5.41, 5.74) is 0.435. The van der Waals surface area contributed by atoms with Gasteiger partial charge in [0.05, 0.1) is 23.1 Å². The number of anilines is 1. The van der Waals surface area contributed by atoms with Crippen molar-refractivity contribution in [3.05, 3.63) is 42.0 Å². The van der Waals surface area contributed by atoms with Gasteiger partial charge in [-0.15, -0.1) is 0 Å². The number of carboxylic acids is 1. The zero-order chi connectivity index (χ0) is 14.7. The summed E-state index contributed by atoms with van der Waals surface area (Å²) in [5, 5.41) is 9.04. The Morgan fingerprint density at radius 2 is 1.71 bits per heavy atom. The molecule has 0 spiro atoms. The van der Waals surface area contributed by atoms with Gasteiger partial charge < -0.3 is 5.11 Å². The van der Waals surface area contributed by atoms with Crippen molar-refractivity contribution in [2.45, 2.75) is 6.42 Å². The number of carboxylic acid groups (broad SMARTS) is 1. The number of aromatic carboxylic acids is 1. The highest BCUT2D eigenvalue weighted by Gasteiger charge is 2.59. The Hall–Kier alpha value is -2.43. The van der Waals surface area contributed by atoms with Crippen LogP contribution < -0.4 is 4.90 Å². The van der Waals surface area contributed by atoms with Crippen molar-refractivity contribution in [1.82, 2.24) is 0 Å². The van der Waals surface area contributed by atoms with Crippen LogP contribution in [0.15, 0.2) is 36.4 Å². The summed E-state index contributed by atoms with van der Waals surface area (Å²) < 4.78 is 0. The molecule has 5 nitrogen and oxygen atoms in total. The number of carbonyl (C=O) groups is 3. The maximum absolute atomic E-state index is 12.6. The number of hydrogen-bond donors (Lipinski definition) is 1. The lowest BCUT2D eigenvalue weighted by molar-refractivity contribution is -0.123. The molecule has 1 aromatic rings. The van der Waals surface area contributed by atoms with Gasteiger partial charge in [-0.3, -0.25) is 9.59 Å². The number of fused-ring (bicyclic) bond motifs is 5. The van der Waals surface area contributed by atoms with Crippen LogP contribution in [-0.4, -0.2) is 22.9 Å². The molecule has 1 saturated carbocycles. The van der Waals surface area contributed by atoms with Gasteiger partial charge in [-0.25, -0.2) is 9.69 Å². The van der Waals surface area contributed by atoms with E-state index in [9.17, 15) is 14.4 Å². The Labute approximate surface area is 120 Å². The van der Waals surface area contributed by atoms with Crippen LogP contribution in [0.3, 0.4) is 0 Å². The highest BCUT2D eigenvalue weighted by atomic mass is 16.4. The van der Waals surface area contributed by atoms with Crippen LogP contribution in [-0.2, 0) is 9.59 Å². The first-order valence-electron chi connectivity index (χ1n) is 6.97. The molecular weight excluding hydrogens is 270 g/mol. The van der Waals surface area contributed by atoms with E-state index in [0.717, 1.165) is 6.42 Å². The second-order valence-electron chi connectivity index (χ2n) is 5.87. The zero-order valence-corrected chi connectivity index (χ0v) is 11.1. The van der Waals surface area contributed by atoms with Crippen LogP contribution >= 0.6 is 0 Å². The molecule has 0 aromatic heterocycles. The summed E-state index contributed by atoms with van der Waals surface area (Å²) in [5.74, 6) is -1.66. The van der Waals surface area contributed by atoms with Gasteiger partial charge in [-0.05, 0) is 36.5 Å². The topological polar surface area (TPSA) is 74.7 Å². The second-order valence-corrected chi connectivity index (χ2v) is 5.87. The number of benzene rings is 1. The van der Waals surface area contributed by atoms with Crippen LogP contribution in [0.1, 0.15) is 16.8 Å². The van der Waals surface area contributed by atoms with Crippen molar-refractivity contribution in [3.8, 4) is 0 Å². The van der Waals surface area contributed by atoms with Gasteiger partial charge in [0.15, 0.2) is 0 Å². The quantitative estimate of drug-likeness (QED) is 0.662.